The second kappa shape index (κ2) is 15.2. The zero-order valence-corrected chi connectivity index (χ0v) is 24.1. The largest absolute Gasteiger partial charge is 0.503 e. The van der Waals surface area contributed by atoms with Crippen LogP contribution in [-0.2, 0) is 40.5 Å². The van der Waals surface area contributed by atoms with E-state index in [1.165, 1.54) is 5.56 Å². The lowest BCUT2D eigenvalue weighted by atomic mass is 10.1. The maximum absolute atomic E-state index is 13.3. The molecule has 2 aromatic heterocycles. The molecule has 0 atom stereocenters. The molecule has 0 aliphatic rings. The van der Waals surface area contributed by atoms with Crippen molar-refractivity contribution in [3.63, 3.8) is 0 Å². The fourth-order valence-electron chi connectivity index (χ4n) is 4.77. The van der Waals surface area contributed by atoms with Crippen molar-refractivity contribution in [1.82, 2.24) is 14.5 Å². The maximum Gasteiger partial charge on any atom is 0.503 e. The summed E-state index contributed by atoms with van der Waals surface area (Å²) in [6, 6.07) is 25.8. The Kier molecular flexibility index (Phi) is 10.9. The zero-order valence-electron chi connectivity index (χ0n) is 24.1. The summed E-state index contributed by atoms with van der Waals surface area (Å²) in [5.41, 5.74) is 4.61. The predicted molar refractivity (Wildman–Crippen MR) is 164 cm³/mol. The Morgan fingerprint density at radius 2 is 1.50 bits per heavy atom. The Labute approximate surface area is 253 Å². The molecule has 2 heterocycles. The maximum atomic E-state index is 13.3. The molecule has 0 bridgehead atoms. The monoisotopic (exact) mass is 599 g/mol. The second-order valence-corrected chi connectivity index (χ2v) is 9.95. The van der Waals surface area contributed by atoms with Crippen molar-refractivity contribution in [3.8, 4) is 5.75 Å². The van der Waals surface area contributed by atoms with E-state index in [2.05, 4.69) is 17.1 Å². The van der Waals surface area contributed by atoms with E-state index in [0.29, 0.717) is 18.9 Å². The minimum absolute atomic E-state index is 0.0216. The molecule has 0 aliphatic heterocycles. The molecular formula is C33H33N3O8. The van der Waals surface area contributed by atoms with Crippen LogP contribution in [0.5, 0.6) is 5.75 Å². The van der Waals surface area contributed by atoms with E-state index in [1.807, 2.05) is 78.3 Å². The lowest BCUT2D eigenvalue weighted by Crippen LogP contribution is -2.31. The van der Waals surface area contributed by atoms with E-state index < -0.39 is 18.7 Å². The van der Waals surface area contributed by atoms with Gasteiger partial charge < -0.3 is 34.3 Å². The number of fused-ring (bicyclic) bond motifs is 3. The third-order valence-electron chi connectivity index (χ3n) is 6.85. The molecule has 0 saturated carbocycles. The molecule has 0 aliphatic carbocycles. The fraction of sp³-hybridized carbons (Fsp3) is 0.212. The highest BCUT2D eigenvalue weighted by Gasteiger charge is 2.19. The average Bonchev–Trinajstić information content (AvgIpc) is 3.32. The summed E-state index contributed by atoms with van der Waals surface area (Å²) in [7, 11) is 1.82. The topological polar surface area (TPSA) is 151 Å². The normalized spacial score (nSPS) is 10.7. The summed E-state index contributed by atoms with van der Waals surface area (Å²) < 4.78 is 13.5. The highest BCUT2D eigenvalue weighted by molar-refractivity contribution is 6.10. The van der Waals surface area contributed by atoms with Gasteiger partial charge in [-0.3, -0.25) is 9.78 Å². The van der Waals surface area contributed by atoms with Gasteiger partial charge in [-0.2, -0.15) is 0 Å². The number of nitrogens with zero attached hydrogens (tertiary/aromatic N) is 3. The van der Waals surface area contributed by atoms with Crippen LogP contribution in [0.3, 0.4) is 0 Å². The Hall–Kier alpha value is -5.42. The lowest BCUT2D eigenvalue weighted by Gasteiger charge is -2.18. The van der Waals surface area contributed by atoms with Crippen LogP contribution in [0.2, 0.25) is 0 Å². The molecule has 44 heavy (non-hydrogen) atoms. The molecule has 11 nitrogen and oxygen atoms in total. The Balaban J connectivity index is 0.00000104. The van der Waals surface area contributed by atoms with Gasteiger partial charge in [-0.1, -0.05) is 60.7 Å². The van der Waals surface area contributed by atoms with Gasteiger partial charge in [-0.05, 0) is 35.7 Å². The van der Waals surface area contributed by atoms with Crippen molar-refractivity contribution in [2.24, 2.45) is 0 Å². The number of carboxylic acids is 1. The predicted octanol–water partition coefficient (Wildman–Crippen LogP) is 5.29. The van der Waals surface area contributed by atoms with Crippen LogP contribution in [0.1, 0.15) is 16.7 Å². The Morgan fingerprint density at radius 3 is 2.16 bits per heavy atom. The van der Waals surface area contributed by atoms with Gasteiger partial charge in [0.2, 0.25) is 5.91 Å². The van der Waals surface area contributed by atoms with E-state index in [4.69, 9.17) is 29.6 Å². The molecule has 5 rings (SSSR count). The lowest BCUT2D eigenvalue weighted by molar-refractivity contribution is -0.142. The summed E-state index contributed by atoms with van der Waals surface area (Å²) in [4.78, 5) is 39.1. The van der Waals surface area contributed by atoms with Crippen molar-refractivity contribution in [1.29, 1.82) is 0 Å². The number of likely N-dealkylation sites (N-methyl/N-ethyl adjacent to an activating group) is 1. The average molecular weight is 600 g/mol. The van der Waals surface area contributed by atoms with Crippen molar-refractivity contribution in [3.05, 3.63) is 108 Å². The van der Waals surface area contributed by atoms with Gasteiger partial charge in [0.05, 0.1) is 18.3 Å². The van der Waals surface area contributed by atoms with Crippen LogP contribution in [0.15, 0.2) is 91.3 Å². The molecule has 0 fully saturated rings. The minimum atomic E-state index is -1.83. The highest BCUT2D eigenvalue weighted by atomic mass is 16.6. The standard InChI is InChI=1S/C32H31N3O5.CH2O3/c1-34(15-14-23-8-4-2-5-9-23)30(36)19-35-28-13-12-26(40-20-24-10-6-3-7-11-24)16-27(28)32-25(17-33-18-29(32)35)21-39-22-31(37)38;2-1(3)4/h2-13,16-18H,14-15,19-22H2,1H3,(H,37,38);(H2,2,3,4). The van der Waals surface area contributed by atoms with E-state index in [9.17, 15) is 9.59 Å². The minimum Gasteiger partial charge on any atom is -0.489 e. The van der Waals surface area contributed by atoms with Crippen molar-refractivity contribution >= 4 is 39.8 Å². The second-order valence-electron chi connectivity index (χ2n) is 9.95. The smallest absolute Gasteiger partial charge is 0.489 e. The first-order valence-electron chi connectivity index (χ1n) is 13.8. The number of ether oxygens (including phenoxy) is 2. The number of pyridine rings is 1. The number of rotatable bonds is 12. The summed E-state index contributed by atoms with van der Waals surface area (Å²) >= 11 is 0. The van der Waals surface area contributed by atoms with Crippen LogP contribution in [0.4, 0.5) is 4.79 Å². The third kappa shape index (κ3) is 8.55. The molecule has 5 aromatic rings. The number of carbonyl (C=O) groups is 3. The van der Waals surface area contributed by atoms with E-state index >= 15 is 0 Å². The van der Waals surface area contributed by atoms with Gasteiger partial charge in [-0.15, -0.1) is 0 Å². The molecule has 0 saturated heterocycles. The number of hydrogen-bond donors (Lipinski definition) is 3. The number of hydrogen-bond acceptors (Lipinski definition) is 6. The summed E-state index contributed by atoms with van der Waals surface area (Å²) in [6.07, 6.45) is 2.35. The Morgan fingerprint density at radius 1 is 0.841 bits per heavy atom. The molecule has 0 spiro atoms. The van der Waals surface area contributed by atoms with Gasteiger partial charge in [0.1, 0.15) is 25.5 Å². The van der Waals surface area contributed by atoms with Crippen LogP contribution in [0, 0.1) is 0 Å². The SMILES string of the molecule is CN(CCc1ccccc1)C(=O)Cn1c2ccc(OCc3ccccc3)cc2c2c(COCC(=O)O)cncc21.O=C(O)O. The first-order chi connectivity index (χ1) is 21.2. The van der Waals surface area contributed by atoms with Crippen molar-refractivity contribution in [2.75, 3.05) is 20.2 Å². The van der Waals surface area contributed by atoms with Crippen molar-refractivity contribution in [2.45, 2.75) is 26.2 Å². The number of carboxylic acid groups (broad SMARTS) is 3. The zero-order chi connectivity index (χ0) is 31.5. The summed E-state index contributed by atoms with van der Waals surface area (Å²) in [5.74, 6) is -0.370. The van der Waals surface area contributed by atoms with Crippen LogP contribution in [-0.4, -0.2) is 68.0 Å². The van der Waals surface area contributed by atoms with Crippen LogP contribution < -0.4 is 4.74 Å². The number of aliphatic carboxylic acids is 1. The number of carbonyl (C=O) groups excluding carboxylic acids is 1. The summed E-state index contributed by atoms with van der Waals surface area (Å²) in [5, 5.41) is 24.7. The van der Waals surface area contributed by atoms with E-state index in [-0.39, 0.29) is 19.1 Å². The van der Waals surface area contributed by atoms with Gasteiger partial charge in [0.25, 0.3) is 0 Å². The van der Waals surface area contributed by atoms with Crippen molar-refractivity contribution < 1.29 is 39.2 Å². The van der Waals surface area contributed by atoms with Gasteiger partial charge in [0, 0.05) is 41.6 Å². The Bertz CT molecular complexity index is 1720. The quantitative estimate of drug-likeness (QED) is 0.174. The van der Waals surface area contributed by atoms with Gasteiger partial charge in [-0.25, -0.2) is 9.59 Å². The van der Waals surface area contributed by atoms with Gasteiger partial charge in [0.15, 0.2) is 0 Å². The molecule has 3 aromatic carbocycles. The van der Waals surface area contributed by atoms with Crippen LogP contribution in [0.25, 0.3) is 21.8 Å². The summed E-state index contributed by atoms with van der Waals surface area (Å²) in [6.45, 7) is 0.827. The van der Waals surface area contributed by atoms with Crippen LogP contribution >= 0.6 is 0 Å². The molecule has 3 N–H and O–H groups in total. The molecule has 1 amide bonds. The third-order valence-corrected chi connectivity index (χ3v) is 6.85. The highest BCUT2D eigenvalue weighted by Crippen LogP contribution is 2.34. The molecule has 11 heteroatoms. The number of amides is 1. The molecule has 228 valence electrons. The molecular weight excluding hydrogens is 566 g/mol. The van der Waals surface area contributed by atoms with Gasteiger partial charge >= 0.3 is 12.1 Å². The molecule has 0 unspecified atom stereocenters. The number of aromatic nitrogens is 2. The van der Waals surface area contributed by atoms with E-state index in [0.717, 1.165) is 39.4 Å². The fourth-order valence-corrected chi connectivity index (χ4v) is 4.77. The first kappa shape index (κ1) is 31.5. The molecule has 0 radical (unpaired) electrons. The van der Waals surface area contributed by atoms with E-state index in [1.54, 1.807) is 17.3 Å². The number of benzene rings is 3. The first-order valence-corrected chi connectivity index (χ1v) is 13.8.